The maximum absolute atomic E-state index is 15.6. The van der Waals surface area contributed by atoms with Crippen LogP contribution in [-0.2, 0) is 23.7 Å². The van der Waals surface area contributed by atoms with Crippen molar-refractivity contribution in [1.82, 2.24) is 0 Å². The molecule has 0 amide bonds. The Bertz CT molecular complexity index is 685. The van der Waals surface area contributed by atoms with Crippen molar-refractivity contribution >= 4 is 0 Å². The molecule has 0 bridgehead atoms. The molecule has 3 fully saturated rings. The molecule has 0 aliphatic carbocycles. The Balaban J connectivity index is 1.78. The van der Waals surface area contributed by atoms with Gasteiger partial charge in [-0.25, -0.2) is 0 Å². The number of rotatable bonds is 7. The minimum Gasteiger partial charge on any atom is -0.394 e. The van der Waals surface area contributed by atoms with Gasteiger partial charge in [0.05, 0.1) is 19.8 Å². The number of aliphatic hydroxyl groups is 11. The van der Waals surface area contributed by atoms with Crippen molar-refractivity contribution < 1.29 is 84.2 Å². The van der Waals surface area contributed by atoms with E-state index in [0.717, 1.165) is 0 Å². The van der Waals surface area contributed by atoms with E-state index in [-0.39, 0.29) is 0 Å². The van der Waals surface area contributed by atoms with Gasteiger partial charge in [-0.1, -0.05) is 0 Å². The average molecular weight is 522 g/mol. The maximum atomic E-state index is 15.6. The molecule has 3 aliphatic heterocycles. The first-order valence-corrected chi connectivity index (χ1v) is 10.7. The summed E-state index contributed by atoms with van der Waals surface area (Å²) in [5.41, 5.74) is 0. The van der Waals surface area contributed by atoms with Crippen molar-refractivity contribution in [3.05, 3.63) is 0 Å². The molecular formula is C18H31FO16. The second-order valence-corrected chi connectivity index (χ2v) is 8.47. The first-order chi connectivity index (χ1) is 16.4. The lowest BCUT2D eigenvalue weighted by molar-refractivity contribution is -0.455. The Morgan fingerprint density at radius 2 is 1.23 bits per heavy atom. The Labute approximate surface area is 196 Å². The molecule has 0 unspecified atom stereocenters. The third-order valence-electron chi connectivity index (χ3n) is 6.15. The van der Waals surface area contributed by atoms with E-state index < -0.39 is 112 Å². The van der Waals surface area contributed by atoms with Crippen LogP contribution >= 0.6 is 0 Å². The van der Waals surface area contributed by atoms with Gasteiger partial charge in [0.25, 0.3) is 0 Å². The fourth-order valence-corrected chi connectivity index (χ4v) is 4.09. The summed E-state index contributed by atoms with van der Waals surface area (Å²) in [5, 5.41) is 109. The van der Waals surface area contributed by atoms with Crippen LogP contribution in [0.3, 0.4) is 0 Å². The number of halogens is 1. The summed E-state index contributed by atoms with van der Waals surface area (Å²) in [6, 6.07) is -3.69. The lowest BCUT2D eigenvalue weighted by Gasteiger charge is -2.49. The summed E-state index contributed by atoms with van der Waals surface area (Å²) in [4.78, 5) is 0. The van der Waals surface area contributed by atoms with E-state index in [1.807, 2.05) is 0 Å². The first-order valence-electron chi connectivity index (χ1n) is 10.7. The molecule has 17 heteroatoms. The van der Waals surface area contributed by atoms with Crippen LogP contribution < -0.4 is 0 Å². The summed E-state index contributed by atoms with van der Waals surface area (Å²) in [6.07, 6.45) is -26.9. The third-order valence-corrected chi connectivity index (χ3v) is 6.15. The molecule has 3 heterocycles. The molecule has 0 spiro atoms. The van der Waals surface area contributed by atoms with Crippen LogP contribution in [0.15, 0.2) is 0 Å². The number of ether oxygens (including phenoxy) is 5. The Hall–Kier alpha value is -0.710. The highest BCUT2D eigenvalue weighted by Crippen LogP contribution is 2.38. The van der Waals surface area contributed by atoms with E-state index >= 15 is 4.39 Å². The van der Waals surface area contributed by atoms with Crippen LogP contribution in [0.1, 0.15) is 0 Å². The van der Waals surface area contributed by atoms with Gasteiger partial charge in [-0.05, 0) is 0 Å². The van der Waals surface area contributed by atoms with Crippen LogP contribution in [-0.4, -0.2) is 168 Å². The quantitative estimate of drug-likeness (QED) is 0.148. The lowest BCUT2D eigenvalue weighted by Crippen LogP contribution is -2.69. The van der Waals surface area contributed by atoms with Gasteiger partial charge in [-0.15, -0.1) is 0 Å². The molecule has 0 aromatic carbocycles. The zero-order valence-corrected chi connectivity index (χ0v) is 18.0. The first kappa shape index (κ1) is 28.9. The highest BCUT2D eigenvalue weighted by Gasteiger charge is 2.60. The normalized spacial score (nSPS) is 53.5. The number of aliphatic hydroxyl groups excluding tert-OH is 11. The standard InChI is InChI=1S/C18H31FO16/c19-18(35-14-5(2-21)31-16(30)10(26)9(14)25)15(29)12(28)13(6(3-22)34-18)33-17-11(27)8(24)7(23)4(1-20)32-17/h4-17,20-30H,1-3H2/t4-,5-,6-,7-,8+,9-,10-,11-,12+,13-,14-,15-,16-,17+,18+/m1/s1. The molecule has 16 nitrogen and oxygen atoms in total. The van der Waals surface area contributed by atoms with Crippen molar-refractivity contribution in [3.63, 3.8) is 0 Å². The maximum Gasteiger partial charge on any atom is 0.350 e. The largest absolute Gasteiger partial charge is 0.394 e. The molecule has 3 saturated heterocycles. The van der Waals surface area contributed by atoms with Crippen LogP contribution in [0.4, 0.5) is 4.39 Å². The van der Waals surface area contributed by atoms with Crippen molar-refractivity contribution in [1.29, 1.82) is 0 Å². The minimum atomic E-state index is -3.69. The Kier molecular flexibility index (Phi) is 9.36. The Morgan fingerprint density at radius 3 is 1.80 bits per heavy atom. The van der Waals surface area contributed by atoms with Crippen molar-refractivity contribution in [2.75, 3.05) is 19.8 Å². The van der Waals surface area contributed by atoms with Gasteiger partial charge in [0, 0.05) is 0 Å². The van der Waals surface area contributed by atoms with E-state index in [1.165, 1.54) is 0 Å². The molecule has 0 aromatic heterocycles. The molecule has 0 radical (unpaired) electrons. The second kappa shape index (κ2) is 11.4. The SMILES string of the molecule is OC[C@H]1O[C@@H](O[C@H]2[C@H](O)[C@@H](O)[C@@](F)(O[C@H]3[C@H](O)[C@@H](O)[C@H](O)O[C@@H]3CO)O[C@@H]2CO)[C@H](O)[C@@H](O)[C@@H]1O. The minimum absolute atomic E-state index is 0.805. The fraction of sp³-hybridized carbons (Fsp3) is 1.00. The van der Waals surface area contributed by atoms with E-state index in [9.17, 15) is 56.2 Å². The van der Waals surface area contributed by atoms with E-state index in [4.69, 9.17) is 23.7 Å². The van der Waals surface area contributed by atoms with Crippen molar-refractivity contribution in [3.8, 4) is 0 Å². The summed E-state index contributed by atoms with van der Waals surface area (Å²) in [7, 11) is 0. The fourth-order valence-electron chi connectivity index (χ4n) is 4.09. The van der Waals surface area contributed by atoms with Crippen LogP contribution in [0.5, 0.6) is 0 Å². The third kappa shape index (κ3) is 5.46. The van der Waals surface area contributed by atoms with E-state index in [1.54, 1.807) is 0 Å². The highest BCUT2D eigenvalue weighted by molar-refractivity contribution is 4.98. The topological polar surface area (TPSA) is 269 Å². The second-order valence-electron chi connectivity index (χ2n) is 8.47. The summed E-state index contributed by atoms with van der Waals surface area (Å²) in [5.74, 6) is 0. The van der Waals surface area contributed by atoms with Crippen LogP contribution in [0.2, 0.25) is 0 Å². The summed E-state index contributed by atoms with van der Waals surface area (Å²) >= 11 is 0. The molecule has 35 heavy (non-hydrogen) atoms. The van der Waals surface area contributed by atoms with Gasteiger partial charge in [-0.2, -0.15) is 4.39 Å². The molecule has 3 aliphatic rings. The number of hydrogen-bond acceptors (Lipinski definition) is 16. The molecule has 206 valence electrons. The van der Waals surface area contributed by atoms with Gasteiger partial charge in [0.15, 0.2) is 18.7 Å². The molecule has 15 atom stereocenters. The van der Waals surface area contributed by atoms with E-state index in [0.29, 0.717) is 0 Å². The van der Waals surface area contributed by atoms with Crippen LogP contribution in [0.25, 0.3) is 0 Å². The highest BCUT2D eigenvalue weighted by atomic mass is 19.2. The van der Waals surface area contributed by atoms with Gasteiger partial charge in [-0.3, -0.25) is 0 Å². The predicted molar refractivity (Wildman–Crippen MR) is 101 cm³/mol. The molecule has 3 rings (SSSR count). The Morgan fingerprint density at radius 1 is 0.629 bits per heavy atom. The predicted octanol–water partition coefficient (Wildman–Crippen LogP) is -7.28. The van der Waals surface area contributed by atoms with Crippen LogP contribution in [0, 0.1) is 0 Å². The van der Waals surface area contributed by atoms with Gasteiger partial charge in [0.2, 0.25) is 0 Å². The average Bonchev–Trinajstić information content (AvgIpc) is 2.84. The molecule has 0 saturated carbocycles. The summed E-state index contributed by atoms with van der Waals surface area (Å²) < 4.78 is 40.7. The zero-order valence-electron chi connectivity index (χ0n) is 18.0. The van der Waals surface area contributed by atoms with Gasteiger partial charge in [0.1, 0.15) is 67.1 Å². The molecular weight excluding hydrogens is 491 g/mol. The van der Waals surface area contributed by atoms with Crippen molar-refractivity contribution in [2.45, 2.75) is 91.9 Å². The zero-order chi connectivity index (χ0) is 26.2. The molecule has 0 aromatic rings. The number of alkyl halides is 1. The smallest absolute Gasteiger partial charge is 0.350 e. The summed E-state index contributed by atoms with van der Waals surface area (Å²) in [6.45, 7) is -2.82. The monoisotopic (exact) mass is 522 g/mol. The van der Waals surface area contributed by atoms with Gasteiger partial charge >= 0.3 is 6.04 Å². The number of hydrogen-bond donors (Lipinski definition) is 11. The molecule has 11 N–H and O–H groups in total. The van der Waals surface area contributed by atoms with Gasteiger partial charge < -0.3 is 79.9 Å². The van der Waals surface area contributed by atoms with E-state index in [2.05, 4.69) is 0 Å². The van der Waals surface area contributed by atoms with Crippen molar-refractivity contribution in [2.24, 2.45) is 0 Å². The lowest BCUT2D eigenvalue weighted by atomic mass is 9.95.